The summed E-state index contributed by atoms with van der Waals surface area (Å²) < 4.78 is 26.8. The molecule has 2 N–H and O–H groups in total. The number of para-hydroxylation sites is 1. The van der Waals surface area contributed by atoms with Crippen LogP contribution in [0, 0.1) is 12.7 Å². The van der Waals surface area contributed by atoms with E-state index >= 15 is 0 Å². The summed E-state index contributed by atoms with van der Waals surface area (Å²) in [6, 6.07) is 19.8. The zero-order valence-electron chi connectivity index (χ0n) is 26.0. The molecule has 0 fully saturated rings. The molecule has 6 aromatic rings. The van der Waals surface area contributed by atoms with Crippen molar-refractivity contribution >= 4 is 28.5 Å². The van der Waals surface area contributed by atoms with Gasteiger partial charge in [0.15, 0.2) is 0 Å². The van der Waals surface area contributed by atoms with Gasteiger partial charge in [-0.2, -0.15) is 0 Å². The molecule has 0 aliphatic heterocycles. The van der Waals surface area contributed by atoms with Crippen molar-refractivity contribution in [2.24, 2.45) is 0 Å². The number of benzene rings is 2. The molecule has 9 nitrogen and oxygen atoms in total. The Bertz CT molecular complexity index is 2060. The quantitative estimate of drug-likeness (QED) is 0.173. The zero-order valence-corrected chi connectivity index (χ0v) is 26.0. The van der Waals surface area contributed by atoms with Gasteiger partial charge in [-0.05, 0) is 93.3 Å². The number of amides is 1. The van der Waals surface area contributed by atoms with Gasteiger partial charge in [0.1, 0.15) is 18.0 Å². The summed E-state index contributed by atoms with van der Waals surface area (Å²) in [5.74, 6) is -0.803. The molecular formula is C36H34FN5O4. The van der Waals surface area contributed by atoms with E-state index in [1.165, 1.54) is 6.07 Å². The average molecular weight is 620 g/mol. The first-order valence-electron chi connectivity index (χ1n) is 15.0. The van der Waals surface area contributed by atoms with Gasteiger partial charge >= 0.3 is 12.1 Å². The number of carbonyl (C=O) groups excluding carboxylic acids is 2. The van der Waals surface area contributed by atoms with Crippen molar-refractivity contribution < 1.29 is 23.5 Å². The molecule has 0 aliphatic carbocycles. The summed E-state index contributed by atoms with van der Waals surface area (Å²) in [6.45, 7) is 6.98. The van der Waals surface area contributed by atoms with Crippen LogP contribution in [-0.2, 0) is 15.9 Å². The zero-order chi connectivity index (χ0) is 32.4. The van der Waals surface area contributed by atoms with E-state index in [9.17, 15) is 14.0 Å². The van der Waals surface area contributed by atoms with Crippen molar-refractivity contribution in [3.05, 3.63) is 114 Å². The summed E-state index contributed by atoms with van der Waals surface area (Å²) in [6.07, 6.45) is 6.75. The summed E-state index contributed by atoms with van der Waals surface area (Å²) in [4.78, 5) is 38.2. The molecule has 2 aromatic carbocycles. The lowest BCUT2D eigenvalue weighted by Crippen LogP contribution is -2.43. The second-order valence-corrected chi connectivity index (χ2v) is 12.2. The van der Waals surface area contributed by atoms with E-state index in [1.54, 1.807) is 62.8 Å². The minimum Gasteiger partial charge on any atom is -0.458 e. The number of hydrogen-bond donors (Lipinski definition) is 2. The lowest BCUT2D eigenvalue weighted by atomic mass is 9.99. The number of rotatable bonds is 8. The van der Waals surface area contributed by atoms with Crippen LogP contribution in [0.2, 0.25) is 0 Å². The number of ether oxygens (including phenoxy) is 2. The Morgan fingerprint density at radius 1 is 1.02 bits per heavy atom. The van der Waals surface area contributed by atoms with Crippen LogP contribution in [0.1, 0.15) is 42.5 Å². The summed E-state index contributed by atoms with van der Waals surface area (Å²) >= 11 is 0. The Labute approximate surface area is 265 Å². The van der Waals surface area contributed by atoms with Gasteiger partial charge in [0.25, 0.3) is 0 Å². The predicted octanol–water partition coefficient (Wildman–Crippen LogP) is 7.28. The molecule has 4 aromatic heterocycles. The molecule has 1 amide bonds. The highest BCUT2D eigenvalue weighted by atomic mass is 19.1. The maximum atomic E-state index is 13.9. The Morgan fingerprint density at radius 3 is 2.65 bits per heavy atom. The lowest BCUT2D eigenvalue weighted by Gasteiger charge is -2.23. The number of halogens is 1. The van der Waals surface area contributed by atoms with E-state index in [4.69, 9.17) is 9.47 Å². The fraction of sp³-hybridized carbons (Fsp3) is 0.222. The van der Waals surface area contributed by atoms with Crippen molar-refractivity contribution in [3.8, 4) is 22.4 Å². The first-order valence-corrected chi connectivity index (χ1v) is 15.0. The van der Waals surface area contributed by atoms with E-state index in [0.717, 1.165) is 33.2 Å². The van der Waals surface area contributed by atoms with Gasteiger partial charge in [-0.3, -0.25) is 9.38 Å². The molecule has 0 saturated carbocycles. The minimum absolute atomic E-state index is 0.0965. The molecule has 0 unspecified atom stereocenters. The van der Waals surface area contributed by atoms with Gasteiger partial charge in [0.2, 0.25) is 5.82 Å². The number of nitrogens with zero attached hydrogens (tertiary/aromatic N) is 3. The number of aromatic amines is 1. The second-order valence-electron chi connectivity index (χ2n) is 12.2. The predicted molar refractivity (Wildman–Crippen MR) is 174 cm³/mol. The number of fused-ring (bicyclic) bond motifs is 2. The van der Waals surface area contributed by atoms with Gasteiger partial charge in [0, 0.05) is 40.6 Å². The van der Waals surface area contributed by atoms with Crippen LogP contribution in [0.5, 0.6) is 0 Å². The van der Waals surface area contributed by atoms with Crippen molar-refractivity contribution in [2.75, 3.05) is 6.61 Å². The first-order chi connectivity index (χ1) is 22.1. The number of nitrogens with one attached hydrogen (secondary N) is 2. The largest absolute Gasteiger partial charge is 0.458 e. The molecule has 0 aliphatic rings. The van der Waals surface area contributed by atoms with Crippen LogP contribution in [-0.4, -0.2) is 49.7 Å². The number of alkyl carbamates (subject to hydrolysis) is 1. The standard InChI is InChI=1S/C36H34FN5O4/c1-22-16-24(11-12-30(22)37)32-29(9-7-14-38-32)23-13-15-42-27(18-23)20-40-33(42)34(43)45-21-26(41-35(44)46-36(2,3)4)17-25-19-39-31-10-6-5-8-28(25)31/h5-16,18-20,26,39H,17,21H2,1-4H3,(H,41,44)/t26-/m1/s1. The Kier molecular flexibility index (Phi) is 8.27. The normalized spacial score (nSPS) is 12.3. The summed E-state index contributed by atoms with van der Waals surface area (Å²) in [7, 11) is 0. The Morgan fingerprint density at radius 2 is 1.85 bits per heavy atom. The number of aryl methyl sites for hydroxylation is 1. The van der Waals surface area contributed by atoms with Crippen LogP contribution in [0.25, 0.3) is 38.8 Å². The highest BCUT2D eigenvalue weighted by molar-refractivity contribution is 5.88. The minimum atomic E-state index is -0.686. The molecule has 10 heteroatoms. The lowest BCUT2D eigenvalue weighted by molar-refractivity contribution is 0.0361. The van der Waals surface area contributed by atoms with E-state index in [1.807, 2.05) is 54.7 Å². The topological polar surface area (TPSA) is 111 Å². The Balaban J connectivity index is 1.22. The molecule has 4 heterocycles. The molecule has 46 heavy (non-hydrogen) atoms. The third-order valence-corrected chi connectivity index (χ3v) is 7.54. The maximum absolute atomic E-state index is 13.9. The number of H-pyrrole nitrogens is 1. The first kappa shape index (κ1) is 30.5. The molecule has 0 radical (unpaired) electrons. The molecule has 0 saturated heterocycles. The van der Waals surface area contributed by atoms with Crippen molar-refractivity contribution in [3.63, 3.8) is 0 Å². The maximum Gasteiger partial charge on any atom is 0.408 e. The van der Waals surface area contributed by atoms with E-state index in [0.29, 0.717) is 23.2 Å². The highest BCUT2D eigenvalue weighted by Gasteiger charge is 2.24. The second kappa shape index (κ2) is 12.5. The third-order valence-electron chi connectivity index (χ3n) is 7.54. The molecule has 1 atom stereocenters. The fourth-order valence-corrected chi connectivity index (χ4v) is 5.41. The van der Waals surface area contributed by atoms with Crippen LogP contribution in [0.15, 0.2) is 91.5 Å². The number of imidazole rings is 1. The van der Waals surface area contributed by atoms with Crippen LogP contribution >= 0.6 is 0 Å². The van der Waals surface area contributed by atoms with Gasteiger partial charge in [-0.25, -0.2) is 19.0 Å². The van der Waals surface area contributed by atoms with Crippen molar-refractivity contribution in [2.45, 2.75) is 45.8 Å². The molecule has 6 rings (SSSR count). The van der Waals surface area contributed by atoms with E-state index < -0.39 is 23.7 Å². The smallest absolute Gasteiger partial charge is 0.408 e. The molecule has 234 valence electrons. The molecule has 0 spiro atoms. The summed E-state index contributed by atoms with van der Waals surface area (Å²) in [5, 5.41) is 3.88. The summed E-state index contributed by atoms with van der Waals surface area (Å²) in [5.41, 5.74) is 5.70. The molecule has 0 bridgehead atoms. The van der Waals surface area contributed by atoms with E-state index in [-0.39, 0.29) is 18.2 Å². The van der Waals surface area contributed by atoms with Crippen LogP contribution in [0.4, 0.5) is 9.18 Å². The SMILES string of the molecule is Cc1cc(-c2ncccc2-c2ccn3c(C(=O)OC[C@@H](Cc4c[nH]c5ccccc45)NC(=O)OC(C)(C)C)ncc3c2)ccc1F. The fourth-order valence-electron chi connectivity index (χ4n) is 5.41. The van der Waals surface area contributed by atoms with Gasteiger partial charge in [-0.15, -0.1) is 0 Å². The van der Waals surface area contributed by atoms with Gasteiger partial charge in [0.05, 0.1) is 23.4 Å². The van der Waals surface area contributed by atoms with Crippen molar-refractivity contribution in [1.29, 1.82) is 0 Å². The number of hydrogen-bond acceptors (Lipinski definition) is 6. The monoisotopic (exact) mass is 619 g/mol. The number of carbonyl (C=O) groups is 2. The van der Waals surface area contributed by atoms with Crippen LogP contribution in [0.3, 0.4) is 0 Å². The van der Waals surface area contributed by atoms with Gasteiger partial charge in [-0.1, -0.05) is 24.3 Å². The van der Waals surface area contributed by atoms with Crippen LogP contribution < -0.4 is 5.32 Å². The number of pyridine rings is 2. The molecular weight excluding hydrogens is 585 g/mol. The van der Waals surface area contributed by atoms with Gasteiger partial charge < -0.3 is 19.8 Å². The van der Waals surface area contributed by atoms with E-state index in [2.05, 4.69) is 20.3 Å². The number of aromatic nitrogens is 4. The Hall–Kier alpha value is -5.51. The van der Waals surface area contributed by atoms with Crippen molar-refractivity contribution in [1.82, 2.24) is 24.7 Å². The third kappa shape index (κ3) is 6.61. The average Bonchev–Trinajstić information content (AvgIpc) is 3.64. The highest BCUT2D eigenvalue weighted by Crippen LogP contribution is 2.32. The number of esters is 1.